The topological polar surface area (TPSA) is 40.6 Å². The van der Waals surface area contributed by atoms with Crippen LogP contribution in [0.15, 0.2) is 36.4 Å². The van der Waals surface area contributed by atoms with E-state index in [9.17, 15) is 8.42 Å². The molecule has 4 nitrogen and oxygen atoms in total. The average Bonchev–Trinajstić information content (AvgIpc) is 2.89. The van der Waals surface area contributed by atoms with E-state index in [1.807, 2.05) is 18.2 Å². The van der Waals surface area contributed by atoms with Crippen LogP contribution in [0.3, 0.4) is 0 Å². The Morgan fingerprint density at radius 2 is 1.82 bits per heavy atom. The van der Waals surface area contributed by atoms with Gasteiger partial charge in [0.15, 0.2) is 9.84 Å². The van der Waals surface area contributed by atoms with Gasteiger partial charge in [0.1, 0.15) is 0 Å². The number of rotatable bonds is 4. The third kappa shape index (κ3) is 4.18. The molecule has 2 aliphatic heterocycles. The maximum absolute atomic E-state index is 11.6. The highest BCUT2D eigenvalue weighted by molar-refractivity contribution is 7.91. The summed E-state index contributed by atoms with van der Waals surface area (Å²) in [7, 11) is -2.77. The largest absolute Gasteiger partial charge is 0.297 e. The number of benzene rings is 1. The highest BCUT2D eigenvalue weighted by atomic mass is 32.2. The van der Waals surface area contributed by atoms with Crippen molar-refractivity contribution in [1.29, 1.82) is 0 Å². The molecule has 0 aromatic heterocycles. The predicted octanol–water partition coefficient (Wildman–Crippen LogP) is 1.50. The molecule has 5 heteroatoms. The van der Waals surface area contributed by atoms with Gasteiger partial charge in [0.2, 0.25) is 0 Å². The van der Waals surface area contributed by atoms with Crippen LogP contribution in [0.25, 0.3) is 6.08 Å². The summed E-state index contributed by atoms with van der Waals surface area (Å²) in [4.78, 5) is 4.79. The van der Waals surface area contributed by atoms with Crippen molar-refractivity contribution in [2.24, 2.45) is 0 Å². The fourth-order valence-electron chi connectivity index (χ4n) is 3.28. The zero-order valence-electron chi connectivity index (χ0n) is 12.9. The Kier molecular flexibility index (Phi) is 4.96. The summed E-state index contributed by atoms with van der Waals surface area (Å²) in [6.07, 6.45) is 5.19. The van der Waals surface area contributed by atoms with Crippen LogP contribution in [0.5, 0.6) is 0 Å². The van der Waals surface area contributed by atoms with Gasteiger partial charge in [0.25, 0.3) is 0 Å². The molecule has 2 heterocycles. The summed E-state index contributed by atoms with van der Waals surface area (Å²) in [5.41, 5.74) is 1.23. The molecule has 0 spiro atoms. The molecule has 0 N–H and O–H groups in total. The fraction of sp³-hybridized carbons (Fsp3) is 0.529. The van der Waals surface area contributed by atoms with Crippen molar-refractivity contribution < 1.29 is 8.42 Å². The van der Waals surface area contributed by atoms with Crippen LogP contribution in [0.1, 0.15) is 12.0 Å². The third-order valence-corrected chi connectivity index (χ3v) is 6.36. The SMILES string of the molecule is O=S1(=O)CC[C@H](N2CCN(C/C=C/c3ccccc3)CC2)C1. The molecule has 1 aromatic carbocycles. The van der Waals surface area contributed by atoms with E-state index in [4.69, 9.17) is 0 Å². The lowest BCUT2D eigenvalue weighted by Gasteiger charge is -2.37. The molecule has 22 heavy (non-hydrogen) atoms. The fourth-order valence-corrected chi connectivity index (χ4v) is 5.04. The lowest BCUT2D eigenvalue weighted by molar-refractivity contribution is 0.112. The first kappa shape index (κ1) is 15.7. The van der Waals surface area contributed by atoms with Crippen LogP contribution in [0.2, 0.25) is 0 Å². The number of hydrogen-bond donors (Lipinski definition) is 0. The van der Waals surface area contributed by atoms with Gasteiger partial charge in [-0.25, -0.2) is 8.42 Å². The van der Waals surface area contributed by atoms with Gasteiger partial charge in [-0.05, 0) is 12.0 Å². The van der Waals surface area contributed by atoms with E-state index in [1.54, 1.807) is 0 Å². The highest BCUT2D eigenvalue weighted by Gasteiger charge is 2.33. The molecule has 0 radical (unpaired) electrons. The first-order valence-corrected chi connectivity index (χ1v) is 9.83. The van der Waals surface area contributed by atoms with E-state index in [1.165, 1.54) is 5.56 Å². The molecule has 1 atom stereocenters. The molecular formula is C17H24N2O2S. The Morgan fingerprint density at radius 1 is 1.09 bits per heavy atom. The lowest BCUT2D eigenvalue weighted by atomic mass is 10.2. The molecule has 0 amide bonds. The van der Waals surface area contributed by atoms with Crippen LogP contribution in [0.4, 0.5) is 0 Å². The van der Waals surface area contributed by atoms with Crippen molar-refractivity contribution in [1.82, 2.24) is 9.80 Å². The molecule has 2 fully saturated rings. The van der Waals surface area contributed by atoms with Gasteiger partial charge >= 0.3 is 0 Å². The Morgan fingerprint density at radius 3 is 2.45 bits per heavy atom. The quantitative estimate of drug-likeness (QED) is 0.843. The van der Waals surface area contributed by atoms with Gasteiger partial charge in [-0.3, -0.25) is 9.80 Å². The van der Waals surface area contributed by atoms with Gasteiger partial charge < -0.3 is 0 Å². The minimum absolute atomic E-state index is 0.256. The van der Waals surface area contributed by atoms with Crippen LogP contribution in [0, 0.1) is 0 Å². The van der Waals surface area contributed by atoms with Crippen molar-refractivity contribution in [3.63, 3.8) is 0 Å². The van der Waals surface area contributed by atoms with E-state index in [0.29, 0.717) is 11.5 Å². The van der Waals surface area contributed by atoms with E-state index < -0.39 is 9.84 Å². The maximum atomic E-state index is 11.6. The van der Waals surface area contributed by atoms with Gasteiger partial charge in [-0.2, -0.15) is 0 Å². The Hall–Kier alpha value is -1.17. The summed E-state index contributed by atoms with van der Waals surface area (Å²) >= 11 is 0. The van der Waals surface area contributed by atoms with Crippen LogP contribution in [-0.4, -0.2) is 68.5 Å². The molecule has 0 saturated carbocycles. The Bertz CT molecular complexity index is 605. The Balaban J connectivity index is 1.43. The summed E-state index contributed by atoms with van der Waals surface area (Å²) in [5.74, 6) is 0.735. The van der Waals surface area contributed by atoms with Crippen LogP contribution < -0.4 is 0 Å². The number of hydrogen-bond acceptors (Lipinski definition) is 4. The van der Waals surface area contributed by atoms with Crippen molar-refractivity contribution in [3.05, 3.63) is 42.0 Å². The van der Waals surface area contributed by atoms with Crippen molar-refractivity contribution in [2.75, 3.05) is 44.2 Å². The minimum atomic E-state index is -2.77. The predicted molar refractivity (Wildman–Crippen MR) is 90.5 cm³/mol. The minimum Gasteiger partial charge on any atom is -0.297 e. The van der Waals surface area contributed by atoms with Gasteiger partial charge in [0, 0.05) is 38.8 Å². The zero-order chi connectivity index (χ0) is 15.4. The second-order valence-corrected chi connectivity index (χ2v) is 8.44. The van der Waals surface area contributed by atoms with Gasteiger partial charge in [-0.15, -0.1) is 0 Å². The lowest BCUT2D eigenvalue weighted by Crippen LogP contribution is -2.50. The number of sulfone groups is 1. The van der Waals surface area contributed by atoms with Crippen LogP contribution >= 0.6 is 0 Å². The molecule has 3 rings (SSSR count). The number of piperazine rings is 1. The third-order valence-electron chi connectivity index (χ3n) is 4.61. The smallest absolute Gasteiger partial charge is 0.151 e. The van der Waals surface area contributed by atoms with Crippen LogP contribution in [-0.2, 0) is 9.84 Å². The first-order chi connectivity index (χ1) is 10.6. The van der Waals surface area contributed by atoms with Crippen molar-refractivity contribution >= 4 is 15.9 Å². The molecule has 0 bridgehead atoms. The highest BCUT2D eigenvalue weighted by Crippen LogP contribution is 2.19. The molecule has 120 valence electrons. The van der Waals surface area contributed by atoms with Crippen molar-refractivity contribution in [2.45, 2.75) is 12.5 Å². The summed E-state index contributed by atoms with van der Waals surface area (Å²) in [5, 5.41) is 0. The second-order valence-electron chi connectivity index (χ2n) is 6.21. The van der Waals surface area contributed by atoms with E-state index in [-0.39, 0.29) is 6.04 Å². The molecule has 1 aromatic rings. The Labute approximate surface area is 133 Å². The first-order valence-electron chi connectivity index (χ1n) is 8.01. The molecule has 0 aliphatic carbocycles. The van der Waals surface area contributed by atoms with Gasteiger partial charge in [0.05, 0.1) is 11.5 Å². The number of nitrogens with zero attached hydrogens (tertiary/aromatic N) is 2. The summed E-state index contributed by atoms with van der Waals surface area (Å²) < 4.78 is 23.2. The normalized spacial score (nSPS) is 26.6. The maximum Gasteiger partial charge on any atom is 0.151 e. The summed E-state index contributed by atoms with van der Waals surface area (Å²) in [6.45, 7) is 4.98. The van der Waals surface area contributed by atoms with E-state index in [0.717, 1.165) is 39.1 Å². The molecule has 2 saturated heterocycles. The molecule has 0 unspecified atom stereocenters. The van der Waals surface area contributed by atoms with E-state index >= 15 is 0 Å². The standard InChI is InChI=1S/C17H24N2O2S/c20-22(21)14-8-17(15-22)19-12-10-18(11-13-19)9-4-7-16-5-2-1-3-6-16/h1-7,17H,8-15H2/b7-4+/t17-/m0/s1. The van der Waals surface area contributed by atoms with Gasteiger partial charge in [-0.1, -0.05) is 42.5 Å². The summed E-state index contributed by atoms with van der Waals surface area (Å²) in [6, 6.07) is 10.6. The second kappa shape index (κ2) is 6.94. The van der Waals surface area contributed by atoms with E-state index in [2.05, 4.69) is 34.1 Å². The zero-order valence-corrected chi connectivity index (χ0v) is 13.7. The van der Waals surface area contributed by atoms with Crippen molar-refractivity contribution in [3.8, 4) is 0 Å². The monoisotopic (exact) mass is 320 g/mol. The molecular weight excluding hydrogens is 296 g/mol. The average molecular weight is 320 g/mol. The molecule has 2 aliphatic rings.